The van der Waals surface area contributed by atoms with Crippen molar-refractivity contribution in [2.75, 3.05) is 10.5 Å². The van der Waals surface area contributed by atoms with Gasteiger partial charge in [0.05, 0.1) is 23.3 Å². The topological polar surface area (TPSA) is 84.3 Å². The van der Waals surface area contributed by atoms with E-state index in [1.165, 1.54) is 24.4 Å². The minimum atomic E-state index is -0.459. The lowest BCUT2D eigenvalue weighted by Crippen LogP contribution is -2.12. The smallest absolute Gasteiger partial charge is 0.141 e. The maximum atomic E-state index is 12.7. The fourth-order valence-corrected chi connectivity index (χ4v) is 1.49. The molecule has 0 radical (unpaired) electrons. The van der Waals surface area contributed by atoms with E-state index in [-0.39, 0.29) is 10.9 Å². The predicted molar refractivity (Wildman–Crippen MR) is 64.1 cm³/mol. The number of pyridine rings is 2. The van der Waals surface area contributed by atoms with Gasteiger partial charge in [-0.2, -0.15) is 0 Å². The lowest BCUT2D eigenvalue weighted by molar-refractivity contribution is 0.296. The van der Waals surface area contributed by atoms with Crippen molar-refractivity contribution in [2.45, 2.75) is 6.92 Å². The van der Waals surface area contributed by atoms with Gasteiger partial charge in [-0.3, -0.25) is 10.2 Å². The van der Waals surface area contributed by atoms with Crippen LogP contribution in [0.1, 0.15) is 5.69 Å². The van der Waals surface area contributed by atoms with Gasteiger partial charge in [0.25, 0.3) is 0 Å². The van der Waals surface area contributed by atoms with E-state index >= 15 is 0 Å². The van der Waals surface area contributed by atoms with Gasteiger partial charge in [0.2, 0.25) is 0 Å². The molecule has 2 aromatic rings. The third kappa shape index (κ3) is 2.53. The molecule has 0 spiro atoms. The molecule has 2 aromatic heterocycles. The van der Waals surface area contributed by atoms with Crippen molar-refractivity contribution in [1.29, 1.82) is 0 Å². The van der Waals surface area contributed by atoms with Gasteiger partial charge in [-0.25, -0.2) is 9.37 Å². The molecule has 6 nitrogen and oxygen atoms in total. The highest BCUT2D eigenvalue weighted by atomic mass is 19.1. The molecule has 0 unspecified atom stereocenters. The van der Waals surface area contributed by atoms with Crippen LogP contribution in [-0.2, 0) is 0 Å². The van der Waals surface area contributed by atoms with E-state index in [0.717, 1.165) is 6.20 Å². The highest BCUT2D eigenvalue weighted by molar-refractivity contribution is 5.74. The van der Waals surface area contributed by atoms with Crippen LogP contribution < -0.4 is 10.5 Å². The van der Waals surface area contributed by atoms with Crippen molar-refractivity contribution < 1.29 is 9.60 Å². The molecule has 2 N–H and O–H groups in total. The summed E-state index contributed by atoms with van der Waals surface area (Å²) < 4.78 is 12.7. The Hall–Kier alpha value is -2.25. The van der Waals surface area contributed by atoms with Gasteiger partial charge in [0.15, 0.2) is 0 Å². The standard InChI is InChI=1S/C11H10FN4O2/c1-7-11(16(17)18)9(4-5-13-7)15-10-3-2-8(12)6-14-10/h2-6,17H,1H3,(H,13,14,15)/q-1. The zero-order chi connectivity index (χ0) is 13.1. The van der Waals surface area contributed by atoms with Gasteiger partial charge < -0.3 is 15.8 Å². The Balaban J connectivity index is 2.34. The van der Waals surface area contributed by atoms with Crippen molar-refractivity contribution in [2.24, 2.45) is 0 Å². The summed E-state index contributed by atoms with van der Waals surface area (Å²) in [5.74, 6) is -0.107. The van der Waals surface area contributed by atoms with E-state index in [4.69, 9.17) is 5.21 Å². The van der Waals surface area contributed by atoms with Gasteiger partial charge in [0.1, 0.15) is 11.6 Å². The van der Waals surface area contributed by atoms with E-state index in [9.17, 15) is 9.60 Å². The van der Waals surface area contributed by atoms with Crippen molar-refractivity contribution in [1.82, 2.24) is 9.97 Å². The van der Waals surface area contributed by atoms with Crippen LogP contribution in [0, 0.1) is 17.9 Å². The Bertz CT molecular complexity index is 545. The van der Waals surface area contributed by atoms with Crippen LogP contribution in [0.15, 0.2) is 30.6 Å². The summed E-state index contributed by atoms with van der Waals surface area (Å²) in [6.07, 6.45) is 2.53. The second kappa shape index (κ2) is 4.94. The summed E-state index contributed by atoms with van der Waals surface area (Å²) in [6.45, 7) is 1.58. The molecule has 0 fully saturated rings. The molecule has 7 heteroatoms. The summed E-state index contributed by atoms with van der Waals surface area (Å²) in [5.41, 5.74) is 0.683. The van der Waals surface area contributed by atoms with Crippen molar-refractivity contribution in [3.8, 4) is 0 Å². The number of aryl methyl sites for hydroxylation is 1. The highest BCUT2D eigenvalue weighted by Crippen LogP contribution is 2.28. The molecule has 0 bridgehead atoms. The zero-order valence-electron chi connectivity index (χ0n) is 9.46. The quantitative estimate of drug-likeness (QED) is 0.812. The Morgan fingerprint density at radius 3 is 2.72 bits per heavy atom. The summed E-state index contributed by atoms with van der Waals surface area (Å²) in [7, 11) is 0. The number of aromatic nitrogens is 2. The lowest BCUT2D eigenvalue weighted by atomic mass is 10.2. The highest BCUT2D eigenvalue weighted by Gasteiger charge is 2.08. The van der Waals surface area contributed by atoms with Gasteiger partial charge >= 0.3 is 0 Å². The average molecular weight is 249 g/mol. The largest absolute Gasteiger partial charge is 0.733 e. The molecule has 0 saturated carbocycles. The fourth-order valence-electron chi connectivity index (χ4n) is 1.49. The minimum Gasteiger partial charge on any atom is -0.733 e. The predicted octanol–water partition coefficient (Wildman–Crippen LogP) is 2.36. The SMILES string of the molecule is Cc1nccc(Nc2ccc(F)cn2)c1N([O-])O. The number of hydrogen-bond donors (Lipinski definition) is 2. The number of anilines is 3. The maximum absolute atomic E-state index is 12.7. The summed E-state index contributed by atoms with van der Waals surface area (Å²) in [4.78, 5) is 7.69. The van der Waals surface area contributed by atoms with E-state index < -0.39 is 5.82 Å². The van der Waals surface area contributed by atoms with Crippen LogP contribution in [0.4, 0.5) is 21.6 Å². The van der Waals surface area contributed by atoms with E-state index in [1.54, 1.807) is 6.92 Å². The van der Waals surface area contributed by atoms with Crippen LogP contribution in [-0.4, -0.2) is 15.2 Å². The second-order valence-corrected chi connectivity index (χ2v) is 3.55. The lowest BCUT2D eigenvalue weighted by Gasteiger charge is -2.26. The molecular formula is C11H10FN4O2-. The molecule has 0 aromatic carbocycles. The number of halogens is 1. The molecule has 18 heavy (non-hydrogen) atoms. The molecule has 0 aliphatic heterocycles. The molecule has 94 valence electrons. The summed E-state index contributed by atoms with van der Waals surface area (Å²) >= 11 is 0. The van der Waals surface area contributed by atoms with E-state index in [2.05, 4.69) is 15.3 Å². The van der Waals surface area contributed by atoms with E-state index in [1.807, 2.05) is 0 Å². The first-order valence-corrected chi connectivity index (χ1v) is 5.08. The monoisotopic (exact) mass is 249 g/mol. The number of hydrogen-bond acceptors (Lipinski definition) is 6. The van der Waals surface area contributed by atoms with Gasteiger partial charge in [-0.15, -0.1) is 0 Å². The molecular weight excluding hydrogens is 239 g/mol. The third-order valence-corrected chi connectivity index (χ3v) is 2.29. The Morgan fingerprint density at radius 1 is 1.33 bits per heavy atom. The van der Waals surface area contributed by atoms with Crippen molar-refractivity contribution >= 4 is 17.2 Å². The molecule has 0 atom stereocenters. The van der Waals surface area contributed by atoms with Crippen LogP contribution >= 0.6 is 0 Å². The van der Waals surface area contributed by atoms with Crippen LogP contribution in [0.2, 0.25) is 0 Å². The number of nitrogens with one attached hydrogen (secondary N) is 1. The minimum absolute atomic E-state index is 0.0105. The van der Waals surface area contributed by atoms with Crippen LogP contribution in [0.25, 0.3) is 0 Å². The Labute approximate surface area is 102 Å². The Morgan fingerprint density at radius 2 is 2.11 bits per heavy atom. The molecule has 2 rings (SSSR count). The molecule has 0 aliphatic rings. The molecule has 0 saturated heterocycles. The maximum Gasteiger partial charge on any atom is 0.141 e. The summed E-state index contributed by atoms with van der Waals surface area (Å²) in [5, 5.41) is 22.6. The van der Waals surface area contributed by atoms with Crippen molar-refractivity contribution in [3.63, 3.8) is 0 Å². The van der Waals surface area contributed by atoms with Crippen molar-refractivity contribution in [3.05, 3.63) is 47.3 Å². The first-order valence-electron chi connectivity index (χ1n) is 5.08. The van der Waals surface area contributed by atoms with Gasteiger partial charge in [-0.05, 0) is 25.1 Å². The second-order valence-electron chi connectivity index (χ2n) is 3.55. The van der Waals surface area contributed by atoms with Crippen LogP contribution in [0.5, 0.6) is 0 Å². The molecule has 2 heterocycles. The van der Waals surface area contributed by atoms with Gasteiger partial charge in [0, 0.05) is 6.20 Å². The van der Waals surface area contributed by atoms with Crippen LogP contribution in [0.3, 0.4) is 0 Å². The average Bonchev–Trinajstić information content (AvgIpc) is 2.32. The zero-order valence-corrected chi connectivity index (χ0v) is 9.46. The Kier molecular flexibility index (Phi) is 3.35. The first kappa shape index (κ1) is 12.2. The third-order valence-electron chi connectivity index (χ3n) is 2.29. The number of rotatable bonds is 3. The molecule has 0 amide bonds. The summed E-state index contributed by atoms with van der Waals surface area (Å²) in [6, 6.07) is 4.16. The van der Waals surface area contributed by atoms with E-state index in [0.29, 0.717) is 17.2 Å². The number of nitrogens with zero attached hydrogens (tertiary/aromatic N) is 3. The first-order chi connectivity index (χ1) is 8.58. The molecule has 0 aliphatic carbocycles. The fraction of sp³-hybridized carbons (Fsp3) is 0.0909. The van der Waals surface area contributed by atoms with Gasteiger partial charge in [-0.1, -0.05) is 0 Å². The normalized spacial score (nSPS) is 10.2.